The van der Waals surface area contributed by atoms with Crippen LogP contribution in [0.25, 0.3) is 0 Å². The minimum absolute atomic E-state index is 0.527. The van der Waals surface area contributed by atoms with Gasteiger partial charge in [-0.05, 0) is 30.9 Å². The maximum Gasteiger partial charge on any atom is 0.0634 e. The summed E-state index contributed by atoms with van der Waals surface area (Å²) in [6.45, 7) is 7.56. The molecule has 0 bridgehead atoms. The highest BCUT2D eigenvalue weighted by Gasteiger charge is 2.07. The van der Waals surface area contributed by atoms with E-state index in [0.717, 1.165) is 23.0 Å². The summed E-state index contributed by atoms with van der Waals surface area (Å²) >= 11 is 6.04. The van der Waals surface area contributed by atoms with Gasteiger partial charge in [-0.25, -0.2) is 0 Å². The van der Waals surface area contributed by atoms with Gasteiger partial charge in [0.2, 0.25) is 0 Å². The van der Waals surface area contributed by atoms with Crippen LogP contribution in [0.3, 0.4) is 0 Å². The third-order valence-corrected chi connectivity index (χ3v) is 3.29. The summed E-state index contributed by atoms with van der Waals surface area (Å²) in [5, 5.41) is 4.23. The molecule has 0 saturated heterocycles. The predicted molar refractivity (Wildman–Crippen MR) is 69.6 cm³/mol. The van der Waals surface area contributed by atoms with Crippen LogP contribution in [0, 0.1) is 5.92 Å². The molecule has 0 radical (unpaired) electrons. The Bertz CT molecular complexity index is 315. The summed E-state index contributed by atoms with van der Waals surface area (Å²) in [5.74, 6) is 0.774. The SMILES string of the molecule is CCC(C)CC(C)NCc1ccncc1Cl. The number of nitrogens with zero attached hydrogens (tertiary/aromatic N) is 1. The molecule has 0 aliphatic rings. The molecule has 1 rings (SSSR count). The lowest BCUT2D eigenvalue weighted by atomic mass is 10.0. The molecular formula is C13H21ClN2. The van der Waals surface area contributed by atoms with Gasteiger partial charge >= 0.3 is 0 Å². The summed E-state index contributed by atoms with van der Waals surface area (Å²) < 4.78 is 0. The second-order valence-corrected chi connectivity index (χ2v) is 4.91. The van der Waals surface area contributed by atoms with E-state index in [1.54, 1.807) is 12.4 Å². The van der Waals surface area contributed by atoms with E-state index in [9.17, 15) is 0 Å². The normalized spacial score (nSPS) is 14.8. The van der Waals surface area contributed by atoms with Gasteiger partial charge in [0.25, 0.3) is 0 Å². The molecule has 1 N–H and O–H groups in total. The highest BCUT2D eigenvalue weighted by molar-refractivity contribution is 6.31. The molecule has 0 amide bonds. The highest BCUT2D eigenvalue weighted by Crippen LogP contribution is 2.14. The van der Waals surface area contributed by atoms with Crippen molar-refractivity contribution in [2.45, 2.75) is 46.2 Å². The number of rotatable bonds is 6. The van der Waals surface area contributed by atoms with Crippen molar-refractivity contribution in [3.63, 3.8) is 0 Å². The van der Waals surface area contributed by atoms with E-state index in [-0.39, 0.29) is 0 Å². The van der Waals surface area contributed by atoms with Gasteiger partial charge in [-0.2, -0.15) is 0 Å². The molecule has 2 nitrogen and oxygen atoms in total. The second kappa shape index (κ2) is 6.87. The van der Waals surface area contributed by atoms with Crippen molar-refractivity contribution in [3.05, 3.63) is 29.0 Å². The third-order valence-electron chi connectivity index (χ3n) is 2.95. The molecule has 2 atom stereocenters. The standard InChI is InChI=1S/C13H21ClN2/c1-4-10(2)7-11(3)16-8-12-5-6-15-9-13(12)14/h5-6,9-11,16H,4,7-8H2,1-3H3. The van der Waals surface area contributed by atoms with Crippen molar-refractivity contribution in [1.82, 2.24) is 10.3 Å². The maximum absolute atomic E-state index is 6.04. The lowest BCUT2D eigenvalue weighted by molar-refractivity contribution is 0.412. The average molecular weight is 241 g/mol. The van der Waals surface area contributed by atoms with Crippen molar-refractivity contribution in [1.29, 1.82) is 0 Å². The highest BCUT2D eigenvalue weighted by atomic mass is 35.5. The molecule has 0 aliphatic carbocycles. The number of pyridine rings is 1. The van der Waals surface area contributed by atoms with Gasteiger partial charge in [-0.1, -0.05) is 31.9 Å². The summed E-state index contributed by atoms with van der Waals surface area (Å²) in [5.41, 5.74) is 1.12. The van der Waals surface area contributed by atoms with Crippen LogP contribution in [0.15, 0.2) is 18.5 Å². The quantitative estimate of drug-likeness (QED) is 0.821. The van der Waals surface area contributed by atoms with Gasteiger partial charge in [0, 0.05) is 25.0 Å². The number of hydrogen-bond acceptors (Lipinski definition) is 2. The number of hydrogen-bond donors (Lipinski definition) is 1. The van der Waals surface area contributed by atoms with Gasteiger partial charge in [-0.3, -0.25) is 4.98 Å². The molecule has 1 aromatic heterocycles. The average Bonchev–Trinajstić information content (AvgIpc) is 2.28. The zero-order chi connectivity index (χ0) is 12.0. The number of nitrogens with one attached hydrogen (secondary N) is 1. The van der Waals surface area contributed by atoms with Crippen LogP contribution in [0.5, 0.6) is 0 Å². The van der Waals surface area contributed by atoms with E-state index < -0.39 is 0 Å². The van der Waals surface area contributed by atoms with E-state index in [1.807, 2.05) is 6.07 Å². The molecule has 90 valence electrons. The number of aromatic nitrogens is 1. The molecule has 3 heteroatoms. The number of halogens is 1. The Labute approximate surface area is 103 Å². The third kappa shape index (κ3) is 4.50. The van der Waals surface area contributed by atoms with Crippen LogP contribution in [0.2, 0.25) is 5.02 Å². The maximum atomic E-state index is 6.04. The molecule has 2 unspecified atom stereocenters. The fourth-order valence-corrected chi connectivity index (χ4v) is 1.87. The molecule has 1 heterocycles. The minimum Gasteiger partial charge on any atom is -0.310 e. The molecule has 16 heavy (non-hydrogen) atoms. The van der Waals surface area contributed by atoms with Crippen molar-refractivity contribution < 1.29 is 0 Å². The summed E-state index contributed by atoms with van der Waals surface area (Å²) in [6, 6.07) is 2.49. The van der Waals surface area contributed by atoms with Gasteiger partial charge in [-0.15, -0.1) is 0 Å². The Balaban J connectivity index is 2.37. The van der Waals surface area contributed by atoms with E-state index in [0.29, 0.717) is 6.04 Å². The fourth-order valence-electron chi connectivity index (χ4n) is 1.69. The van der Waals surface area contributed by atoms with Gasteiger partial charge in [0.05, 0.1) is 5.02 Å². The topological polar surface area (TPSA) is 24.9 Å². The molecule has 0 aliphatic heterocycles. The zero-order valence-electron chi connectivity index (χ0n) is 10.3. The summed E-state index contributed by atoms with van der Waals surface area (Å²) in [6.07, 6.45) is 5.92. The Hall–Kier alpha value is -0.600. The van der Waals surface area contributed by atoms with Crippen molar-refractivity contribution in [3.8, 4) is 0 Å². The van der Waals surface area contributed by atoms with Crippen LogP contribution in [0.1, 0.15) is 39.2 Å². The van der Waals surface area contributed by atoms with Gasteiger partial charge < -0.3 is 5.32 Å². The van der Waals surface area contributed by atoms with Crippen molar-refractivity contribution in [2.24, 2.45) is 5.92 Å². The Morgan fingerprint density at radius 2 is 2.19 bits per heavy atom. The van der Waals surface area contributed by atoms with Gasteiger partial charge in [0.1, 0.15) is 0 Å². The molecular weight excluding hydrogens is 220 g/mol. The first-order valence-electron chi connectivity index (χ1n) is 5.95. The molecule has 0 fully saturated rings. The van der Waals surface area contributed by atoms with E-state index >= 15 is 0 Å². The minimum atomic E-state index is 0.527. The van der Waals surface area contributed by atoms with Crippen LogP contribution < -0.4 is 5.32 Å². The smallest absolute Gasteiger partial charge is 0.0634 e. The first-order valence-corrected chi connectivity index (χ1v) is 6.33. The fraction of sp³-hybridized carbons (Fsp3) is 0.615. The second-order valence-electron chi connectivity index (χ2n) is 4.50. The van der Waals surface area contributed by atoms with Crippen LogP contribution >= 0.6 is 11.6 Å². The first-order chi connectivity index (χ1) is 7.63. The van der Waals surface area contributed by atoms with Crippen LogP contribution in [-0.2, 0) is 6.54 Å². The summed E-state index contributed by atoms with van der Waals surface area (Å²) in [4.78, 5) is 3.97. The molecule has 0 spiro atoms. The van der Waals surface area contributed by atoms with Gasteiger partial charge in [0.15, 0.2) is 0 Å². The monoisotopic (exact) mass is 240 g/mol. The Morgan fingerprint density at radius 3 is 2.81 bits per heavy atom. The lowest BCUT2D eigenvalue weighted by Gasteiger charge is -2.17. The summed E-state index contributed by atoms with van der Waals surface area (Å²) in [7, 11) is 0. The predicted octanol–water partition coefficient (Wildman–Crippen LogP) is 3.65. The zero-order valence-corrected chi connectivity index (χ0v) is 11.1. The van der Waals surface area contributed by atoms with E-state index in [2.05, 4.69) is 31.1 Å². The van der Waals surface area contributed by atoms with Crippen molar-refractivity contribution in [2.75, 3.05) is 0 Å². The molecule has 0 aromatic carbocycles. The first kappa shape index (κ1) is 13.5. The van der Waals surface area contributed by atoms with Crippen LogP contribution in [-0.4, -0.2) is 11.0 Å². The largest absolute Gasteiger partial charge is 0.310 e. The van der Waals surface area contributed by atoms with E-state index in [1.165, 1.54) is 12.8 Å². The lowest BCUT2D eigenvalue weighted by Crippen LogP contribution is -2.27. The van der Waals surface area contributed by atoms with Crippen LogP contribution in [0.4, 0.5) is 0 Å². The molecule has 0 saturated carbocycles. The van der Waals surface area contributed by atoms with Crippen molar-refractivity contribution >= 4 is 11.6 Å². The molecule has 1 aromatic rings. The van der Waals surface area contributed by atoms with E-state index in [4.69, 9.17) is 11.6 Å². The Morgan fingerprint density at radius 1 is 1.44 bits per heavy atom. The Kier molecular flexibility index (Phi) is 5.78.